The Balaban J connectivity index is 2.67. The second kappa shape index (κ2) is 2.10. The van der Waals surface area contributed by atoms with E-state index < -0.39 is 12.0 Å². The van der Waals surface area contributed by atoms with Crippen LogP contribution < -0.4 is 0 Å². The van der Waals surface area contributed by atoms with Gasteiger partial charge < -0.3 is 9.47 Å². The fourth-order valence-corrected chi connectivity index (χ4v) is 0.618. The Hall–Kier alpha value is -0.290. The summed E-state index contributed by atoms with van der Waals surface area (Å²) in [7, 11) is 0. The maximum Gasteiger partial charge on any atom is 0.443 e. The van der Waals surface area contributed by atoms with E-state index in [1.165, 1.54) is 0 Å². The van der Waals surface area contributed by atoms with Gasteiger partial charge in [-0.25, -0.2) is 0 Å². The quantitative estimate of drug-likeness (QED) is 0.522. The topological polar surface area (TPSA) is 18.5 Å². The van der Waals surface area contributed by atoms with E-state index in [0.29, 0.717) is 0 Å². The van der Waals surface area contributed by atoms with Crippen molar-refractivity contribution < 1.29 is 22.6 Å². The Morgan fingerprint density at radius 3 is 1.80 bits per heavy atom. The van der Waals surface area contributed by atoms with Gasteiger partial charge in [-0.2, -0.15) is 13.2 Å². The third-order valence-electron chi connectivity index (χ3n) is 1.19. The van der Waals surface area contributed by atoms with Crippen LogP contribution in [-0.2, 0) is 9.47 Å². The fourth-order valence-electron chi connectivity index (χ4n) is 0.618. The first-order chi connectivity index (χ1) is 4.46. The van der Waals surface area contributed by atoms with Gasteiger partial charge in [-0.1, -0.05) is 0 Å². The molecule has 10 heavy (non-hydrogen) atoms. The summed E-state index contributed by atoms with van der Waals surface area (Å²) in [6, 6.07) is 0. The van der Waals surface area contributed by atoms with Crippen LogP contribution in [0.3, 0.4) is 0 Å². The maximum atomic E-state index is 11.8. The lowest BCUT2D eigenvalue weighted by atomic mass is 10.3. The van der Waals surface area contributed by atoms with Crippen LogP contribution in [0.2, 0.25) is 0 Å². The molecule has 0 aliphatic carbocycles. The number of alkyl halides is 3. The average Bonchev–Trinajstić information content (AvgIpc) is 2.13. The summed E-state index contributed by atoms with van der Waals surface area (Å²) >= 11 is 0. The molecule has 0 bridgehead atoms. The van der Waals surface area contributed by atoms with Crippen LogP contribution in [-0.4, -0.2) is 25.2 Å². The second-order valence-corrected chi connectivity index (χ2v) is 1.95. The van der Waals surface area contributed by atoms with E-state index >= 15 is 0 Å². The molecule has 5 heteroatoms. The van der Waals surface area contributed by atoms with E-state index in [1.54, 1.807) is 0 Å². The lowest BCUT2D eigenvalue weighted by molar-refractivity contribution is -0.320. The summed E-state index contributed by atoms with van der Waals surface area (Å²) in [5, 5.41) is 0. The highest BCUT2D eigenvalue weighted by Crippen LogP contribution is 2.36. The highest BCUT2D eigenvalue weighted by molar-refractivity contribution is 4.84. The molecule has 1 radical (unpaired) electrons. The van der Waals surface area contributed by atoms with Crippen molar-refractivity contribution in [3.05, 3.63) is 6.92 Å². The molecular weight excluding hydrogens is 149 g/mol. The zero-order valence-corrected chi connectivity index (χ0v) is 5.07. The van der Waals surface area contributed by atoms with Crippen LogP contribution in [0.1, 0.15) is 0 Å². The predicted molar refractivity (Wildman–Crippen MR) is 26.0 cm³/mol. The van der Waals surface area contributed by atoms with Gasteiger partial charge in [0.1, 0.15) is 0 Å². The van der Waals surface area contributed by atoms with Crippen molar-refractivity contribution in [1.29, 1.82) is 0 Å². The number of hydrogen-bond donors (Lipinski definition) is 0. The van der Waals surface area contributed by atoms with E-state index in [4.69, 9.17) is 0 Å². The number of hydrogen-bond acceptors (Lipinski definition) is 2. The summed E-state index contributed by atoms with van der Waals surface area (Å²) in [6.45, 7) is 2.67. The van der Waals surface area contributed by atoms with E-state index in [0.717, 1.165) is 0 Å². The molecule has 0 amide bonds. The number of ether oxygens (including phenoxy) is 2. The van der Waals surface area contributed by atoms with Gasteiger partial charge >= 0.3 is 6.18 Å². The van der Waals surface area contributed by atoms with Crippen molar-refractivity contribution >= 4 is 0 Å². The molecule has 0 spiro atoms. The van der Waals surface area contributed by atoms with Gasteiger partial charge in [-0.05, 0) is 0 Å². The minimum atomic E-state index is -4.54. The highest BCUT2D eigenvalue weighted by Gasteiger charge is 2.56. The predicted octanol–water partition coefficient (Wildman–Crippen LogP) is 1.13. The first-order valence-electron chi connectivity index (χ1n) is 2.66. The monoisotopic (exact) mass is 155 g/mol. The molecule has 0 atom stereocenters. The van der Waals surface area contributed by atoms with E-state index in [2.05, 4.69) is 16.4 Å². The Labute approximate surface area is 55.9 Å². The van der Waals surface area contributed by atoms with E-state index in [1.807, 2.05) is 0 Å². The van der Waals surface area contributed by atoms with E-state index in [-0.39, 0.29) is 13.2 Å². The van der Waals surface area contributed by atoms with Crippen LogP contribution in [0.15, 0.2) is 0 Å². The molecule has 0 aromatic heterocycles. The SMILES string of the molecule is [CH2]C1(C(F)(F)F)OCCO1. The highest BCUT2D eigenvalue weighted by atomic mass is 19.4. The van der Waals surface area contributed by atoms with Gasteiger partial charge in [0.15, 0.2) is 0 Å². The first-order valence-corrected chi connectivity index (χ1v) is 2.66. The Bertz CT molecular complexity index is 125. The molecular formula is C5H6F3O2. The minimum absolute atomic E-state index is 0.0526. The Kier molecular flexibility index (Phi) is 1.64. The van der Waals surface area contributed by atoms with Gasteiger partial charge in [-0.3, -0.25) is 0 Å². The first kappa shape index (κ1) is 7.81. The van der Waals surface area contributed by atoms with Gasteiger partial charge in [0.2, 0.25) is 0 Å². The van der Waals surface area contributed by atoms with Crippen molar-refractivity contribution in [3.63, 3.8) is 0 Å². The summed E-state index contributed by atoms with van der Waals surface area (Å²) in [4.78, 5) is 0. The molecule has 1 rings (SSSR count). The third kappa shape index (κ3) is 1.11. The van der Waals surface area contributed by atoms with Crippen molar-refractivity contribution in [1.82, 2.24) is 0 Å². The van der Waals surface area contributed by atoms with E-state index in [9.17, 15) is 13.2 Å². The lowest BCUT2D eigenvalue weighted by Crippen LogP contribution is -2.43. The third-order valence-corrected chi connectivity index (χ3v) is 1.19. The van der Waals surface area contributed by atoms with Crippen molar-refractivity contribution in [3.8, 4) is 0 Å². The summed E-state index contributed by atoms with van der Waals surface area (Å²) in [6.07, 6.45) is -4.54. The molecule has 1 fully saturated rings. The molecule has 59 valence electrons. The van der Waals surface area contributed by atoms with Crippen molar-refractivity contribution in [2.45, 2.75) is 12.0 Å². The zero-order chi connectivity index (χ0) is 7.83. The van der Waals surface area contributed by atoms with Crippen LogP contribution in [0, 0.1) is 6.92 Å². The molecule has 1 saturated heterocycles. The van der Waals surface area contributed by atoms with Crippen molar-refractivity contribution in [2.24, 2.45) is 0 Å². The molecule has 2 nitrogen and oxygen atoms in total. The minimum Gasteiger partial charge on any atom is -0.340 e. The largest absolute Gasteiger partial charge is 0.443 e. The molecule has 0 unspecified atom stereocenters. The second-order valence-electron chi connectivity index (χ2n) is 1.95. The Morgan fingerprint density at radius 2 is 1.60 bits per heavy atom. The average molecular weight is 155 g/mol. The molecule has 0 N–H and O–H groups in total. The van der Waals surface area contributed by atoms with Gasteiger partial charge in [-0.15, -0.1) is 0 Å². The van der Waals surface area contributed by atoms with Gasteiger partial charge in [0.05, 0.1) is 13.2 Å². The molecule has 0 aromatic rings. The normalized spacial score (nSPS) is 25.2. The lowest BCUT2D eigenvalue weighted by Gasteiger charge is -2.24. The molecule has 1 aliphatic rings. The summed E-state index contributed by atoms with van der Waals surface area (Å²) in [5.74, 6) is -2.62. The molecule has 1 heterocycles. The van der Waals surface area contributed by atoms with Crippen LogP contribution in [0.25, 0.3) is 0 Å². The smallest absolute Gasteiger partial charge is 0.340 e. The maximum absolute atomic E-state index is 11.8. The molecule has 1 aliphatic heterocycles. The standard InChI is InChI=1S/C5H6F3O2/c1-4(5(6,7)8)9-2-3-10-4/h1-3H2. The van der Waals surface area contributed by atoms with Gasteiger partial charge in [0.25, 0.3) is 5.79 Å². The van der Waals surface area contributed by atoms with Crippen LogP contribution >= 0.6 is 0 Å². The summed E-state index contributed by atoms with van der Waals surface area (Å²) < 4.78 is 44.0. The van der Waals surface area contributed by atoms with Crippen LogP contribution in [0.4, 0.5) is 13.2 Å². The molecule has 0 saturated carbocycles. The fraction of sp³-hybridized carbons (Fsp3) is 0.800. The van der Waals surface area contributed by atoms with Crippen LogP contribution in [0.5, 0.6) is 0 Å². The zero-order valence-electron chi connectivity index (χ0n) is 5.07. The summed E-state index contributed by atoms with van der Waals surface area (Å²) in [5.41, 5.74) is 0. The van der Waals surface area contributed by atoms with Gasteiger partial charge in [0, 0.05) is 6.92 Å². The number of rotatable bonds is 0. The molecule has 0 aromatic carbocycles. The van der Waals surface area contributed by atoms with Crippen molar-refractivity contribution in [2.75, 3.05) is 13.2 Å². The number of halogens is 3. The Morgan fingerprint density at radius 1 is 1.20 bits per heavy atom.